The molecular weight excluding hydrogens is 368 g/mol. The summed E-state index contributed by atoms with van der Waals surface area (Å²) in [5.41, 5.74) is -1.21. The highest BCUT2D eigenvalue weighted by Crippen LogP contribution is 2.50. The van der Waals surface area contributed by atoms with Crippen molar-refractivity contribution in [2.75, 3.05) is 18.6 Å². The second-order valence-electron chi connectivity index (χ2n) is 6.61. The molecule has 0 spiro atoms. The van der Waals surface area contributed by atoms with Crippen LogP contribution in [0.1, 0.15) is 10.9 Å². The molecule has 2 aliphatic heterocycles. The maximum absolute atomic E-state index is 13.3. The van der Waals surface area contributed by atoms with Crippen LogP contribution in [0.25, 0.3) is 0 Å². The lowest BCUT2D eigenvalue weighted by molar-refractivity contribution is -0.154. The van der Waals surface area contributed by atoms with Gasteiger partial charge in [0.05, 0.1) is 37.3 Å². The molecule has 27 heavy (non-hydrogen) atoms. The van der Waals surface area contributed by atoms with E-state index in [9.17, 15) is 19.5 Å². The van der Waals surface area contributed by atoms with Crippen molar-refractivity contribution in [3.8, 4) is 0 Å². The minimum Gasteiger partial charge on any atom is -0.468 e. The fraction of sp³-hybridized carbons (Fsp3) is 0.316. The number of para-hydroxylation sites is 1. The number of hydrogen-bond donors (Lipinski definition) is 2. The van der Waals surface area contributed by atoms with Gasteiger partial charge in [0.2, 0.25) is 11.8 Å². The van der Waals surface area contributed by atoms with Crippen molar-refractivity contribution in [2.45, 2.75) is 11.6 Å². The van der Waals surface area contributed by atoms with Gasteiger partial charge in [0.1, 0.15) is 0 Å². The number of carbonyl (C=O) groups is 3. The Morgan fingerprint density at radius 3 is 2.56 bits per heavy atom. The van der Waals surface area contributed by atoms with Gasteiger partial charge in [-0.1, -0.05) is 24.3 Å². The summed E-state index contributed by atoms with van der Waals surface area (Å²) in [7, 11) is 1.20. The Labute approximate surface area is 159 Å². The molecule has 0 aliphatic carbocycles. The van der Waals surface area contributed by atoms with Crippen LogP contribution in [0.5, 0.6) is 0 Å². The summed E-state index contributed by atoms with van der Waals surface area (Å²) in [6.45, 7) is -0.648. The predicted octanol–water partition coefficient (Wildman–Crippen LogP) is 1.10. The normalized spacial score (nSPS) is 29.9. The SMILES string of the molecule is COC(=O)[C@@]1(CO)N[C@@H](c2cccs2)[C@H]2C(=O)N(c3ccccc3)C(=O)[C@H]21. The number of nitrogens with zero attached hydrogens (tertiary/aromatic N) is 1. The molecule has 2 N–H and O–H groups in total. The summed E-state index contributed by atoms with van der Waals surface area (Å²) in [5.74, 6) is -3.50. The lowest BCUT2D eigenvalue weighted by atomic mass is 9.80. The van der Waals surface area contributed by atoms with Crippen LogP contribution in [0, 0.1) is 11.8 Å². The van der Waals surface area contributed by atoms with E-state index in [-0.39, 0.29) is 5.91 Å². The molecule has 2 amide bonds. The van der Waals surface area contributed by atoms with Gasteiger partial charge in [-0.25, -0.2) is 9.69 Å². The quantitative estimate of drug-likeness (QED) is 0.604. The molecule has 0 unspecified atom stereocenters. The van der Waals surface area contributed by atoms with Gasteiger partial charge in [0.25, 0.3) is 0 Å². The number of benzene rings is 1. The van der Waals surface area contributed by atoms with Crippen molar-refractivity contribution < 1.29 is 24.2 Å². The monoisotopic (exact) mass is 386 g/mol. The molecule has 2 aliphatic rings. The molecule has 2 fully saturated rings. The summed E-state index contributed by atoms with van der Waals surface area (Å²) in [6.07, 6.45) is 0. The number of esters is 1. The lowest BCUT2D eigenvalue weighted by Crippen LogP contribution is -2.58. The van der Waals surface area contributed by atoms with Gasteiger partial charge in [-0.2, -0.15) is 0 Å². The fourth-order valence-electron chi connectivity index (χ4n) is 4.13. The molecule has 140 valence electrons. The molecule has 1 aromatic carbocycles. The van der Waals surface area contributed by atoms with Gasteiger partial charge in [-0.05, 0) is 23.6 Å². The summed E-state index contributed by atoms with van der Waals surface area (Å²) in [6, 6.07) is 11.7. The van der Waals surface area contributed by atoms with E-state index in [1.807, 2.05) is 17.5 Å². The summed E-state index contributed by atoms with van der Waals surface area (Å²) in [4.78, 5) is 41.0. The van der Waals surface area contributed by atoms with Crippen molar-refractivity contribution in [1.29, 1.82) is 0 Å². The number of nitrogens with one attached hydrogen (secondary N) is 1. The highest BCUT2D eigenvalue weighted by Gasteiger charge is 2.69. The molecule has 0 bridgehead atoms. The van der Waals surface area contributed by atoms with Crippen LogP contribution >= 0.6 is 11.3 Å². The minimum atomic E-state index is -1.66. The largest absolute Gasteiger partial charge is 0.468 e. The number of amides is 2. The Bertz CT molecular complexity index is 885. The molecule has 8 heteroatoms. The highest BCUT2D eigenvalue weighted by atomic mass is 32.1. The van der Waals surface area contributed by atoms with Crippen LogP contribution in [0.4, 0.5) is 5.69 Å². The van der Waals surface area contributed by atoms with E-state index in [1.165, 1.54) is 18.4 Å². The first-order valence-corrected chi connectivity index (χ1v) is 9.36. The molecule has 1 aromatic heterocycles. The maximum Gasteiger partial charge on any atom is 0.329 e. The number of imide groups is 1. The fourth-order valence-corrected chi connectivity index (χ4v) is 4.95. The predicted molar refractivity (Wildman–Crippen MR) is 97.9 cm³/mol. The summed E-state index contributed by atoms with van der Waals surface area (Å²) >= 11 is 1.42. The van der Waals surface area contributed by atoms with E-state index in [1.54, 1.807) is 30.3 Å². The topological polar surface area (TPSA) is 95.9 Å². The number of anilines is 1. The van der Waals surface area contributed by atoms with E-state index in [0.717, 1.165) is 9.78 Å². The second kappa shape index (κ2) is 6.56. The minimum absolute atomic E-state index is 0.388. The third kappa shape index (κ3) is 2.44. The van der Waals surface area contributed by atoms with Crippen LogP contribution < -0.4 is 10.2 Å². The van der Waals surface area contributed by atoms with Crippen LogP contribution in [0.3, 0.4) is 0 Å². The zero-order valence-electron chi connectivity index (χ0n) is 14.5. The molecule has 4 rings (SSSR count). The van der Waals surface area contributed by atoms with Crippen LogP contribution in [0.15, 0.2) is 47.8 Å². The number of aliphatic hydroxyl groups is 1. The van der Waals surface area contributed by atoms with Gasteiger partial charge < -0.3 is 9.84 Å². The van der Waals surface area contributed by atoms with Gasteiger partial charge in [-0.15, -0.1) is 11.3 Å². The van der Waals surface area contributed by atoms with Crippen LogP contribution in [-0.2, 0) is 19.1 Å². The molecule has 2 saturated heterocycles. The van der Waals surface area contributed by atoms with Crippen molar-refractivity contribution in [3.05, 3.63) is 52.7 Å². The molecular formula is C19H18N2O5S. The van der Waals surface area contributed by atoms with E-state index < -0.39 is 41.9 Å². The van der Waals surface area contributed by atoms with Crippen LogP contribution in [-0.4, -0.2) is 42.1 Å². The van der Waals surface area contributed by atoms with Crippen molar-refractivity contribution in [3.63, 3.8) is 0 Å². The smallest absolute Gasteiger partial charge is 0.329 e. The number of aliphatic hydroxyl groups excluding tert-OH is 1. The van der Waals surface area contributed by atoms with E-state index in [2.05, 4.69) is 5.32 Å². The van der Waals surface area contributed by atoms with Crippen molar-refractivity contribution in [1.82, 2.24) is 5.32 Å². The maximum atomic E-state index is 13.3. The molecule has 0 saturated carbocycles. The number of hydrogen-bond acceptors (Lipinski definition) is 7. The number of carbonyl (C=O) groups excluding carboxylic acids is 3. The van der Waals surface area contributed by atoms with Gasteiger partial charge in [0, 0.05) is 4.88 Å². The second-order valence-corrected chi connectivity index (χ2v) is 7.59. The Kier molecular flexibility index (Phi) is 4.33. The van der Waals surface area contributed by atoms with Crippen molar-refractivity contribution in [2.24, 2.45) is 11.8 Å². The summed E-state index contributed by atoms with van der Waals surface area (Å²) < 4.78 is 4.89. The van der Waals surface area contributed by atoms with Crippen molar-refractivity contribution >= 4 is 34.8 Å². The first-order chi connectivity index (χ1) is 13.0. The van der Waals surface area contributed by atoms with Gasteiger partial charge in [-0.3, -0.25) is 14.9 Å². The van der Waals surface area contributed by atoms with E-state index in [4.69, 9.17) is 4.74 Å². The Balaban J connectivity index is 1.85. The molecule has 7 nitrogen and oxygen atoms in total. The standard InChI is InChI=1S/C19H18N2O5S/c1-26-18(25)19(10-22)14-13(15(20-19)12-8-5-9-27-12)16(23)21(17(14)24)11-6-3-2-4-7-11/h2-9,13-15,20,22H,10H2,1H3/t13-,14-,15-,19-/m0/s1. The molecule has 4 atom stereocenters. The number of fused-ring (bicyclic) bond motifs is 1. The number of ether oxygens (including phenoxy) is 1. The Hall–Kier alpha value is -2.55. The zero-order chi connectivity index (χ0) is 19.2. The summed E-state index contributed by atoms with van der Waals surface area (Å²) in [5, 5.41) is 15.0. The molecule has 2 aromatic rings. The van der Waals surface area contributed by atoms with Gasteiger partial charge in [0.15, 0.2) is 5.54 Å². The molecule has 0 radical (unpaired) electrons. The lowest BCUT2D eigenvalue weighted by Gasteiger charge is -2.30. The number of thiophene rings is 1. The van der Waals surface area contributed by atoms with Crippen LogP contribution in [0.2, 0.25) is 0 Å². The Morgan fingerprint density at radius 1 is 1.22 bits per heavy atom. The van der Waals surface area contributed by atoms with Gasteiger partial charge >= 0.3 is 5.97 Å². The highest BCUT2D eigenvalue weighted by molar-refractivity contribution is 7.10. The third-order valence-electron chi connectivity index (χ3n) is 5.32. The average Bonchev–Trinajstić information content (AvgIpc) is 3.39. The van der Waals surface area contributed by atoms with E-state index in [0.29, 0.717) is 5.69 Å². The average molecular weight is 386 g/mol. The Morgan fingerprint density at radius 2 is 1.96 bits per heavy atom. The number of methoxy groups -OCH3 is 1. The number of rotatable bonds is 4. The first-order valence-electron chi connectivity index (χ1n) is 8.48. The third-order valence-corrected chi connectivity index (χ3v) is 6.27. The molecule has 3 heterocycles. The van der Waals surface area contributed by atoms with E-state index >= 15 is 0 Å². The zero-order valence-corrected chi connectivity index (χ0v) is 15.3. The first kappa shape index (κ1) is 17.8.